The van der Waals surface area contributed by atoms with Gasteiger partial charge in [-0.1, -0.05) is 0 Å². The zero-order chi connectivity index (χ0) is 16.4. The molecule has 134 valence electrons. The van der Waals surface area contributed by atoms with E-state index in [1.54, 1.807) is 0 Å². The largest absolute Gasteiger partial charge is 0.382 e. The summed E-state index contributed by atoms with van der Waals surface area (Å²) in [4.78, 5) is 4.67. The average molecular weight is 437 g/mol. The van der Waals surface area contributed by atoms with E-state index in [0.29, 0.717) is 6.54 Å². The molecule has 0 amide bonds. The van der Waals surface area contributed by atoms with Crippen molar-refractivity contribution in [1.82, 2.24) is 20.4 Å². The van der Waals surface area contributed by atoms with Crippen LogP contribution in [0.4, 0.5) is 0 Å². The molecule has 1 heterocycles. The molecule has 1 aromatic heterocycles. The van der Waals surface area contributed by atoms with Gasteiger partial charge in [-0.25, -0.2) is 4.99 Å². The van der Waals surface area contributed by atoms with Crippen molar-refractivity contribution in [2.45, 2.75) is 54.1 Å². The molecule has 0 saturated carbocycles. The molecule has 1 rings (SSSR count). The molecule has 0 aromatic carbocycles. The molecular formula is C16H32IN5O. The summed E-state index contributed by atoms with van der Waals surface area (Å²) >= 11 is 0. The first-order valence-corrected chi connectivity index (χ1v) is 8.26. The van der Waals surface area contributed by atoms with E-state index in [2.05, 4.69) is 41.5 Å². The number of aliphatic imine (C=N–C) groups is 1. The van der Waals surface area contributed by atoms with Crippen LogP contribution in [0.25, 0.3) is 0 Å². The Kier molecular flexibility index (Phi) is 12.1. The summed E-state index contributed by atoms with van der Waals surface area (Å²) in [7, 11) is 0. The summed E-state index contributed by atoms with van der Waals surface area (Å²) in [5, 5.41) is 11.2. The van der Waals surface area contributed by atoms with Crippen molar-refractivity contribution >= 4 is 29.9 Å². The van der Waals surface area contributed by atoms with Crippen molar-refractivity contribution in [2.75, 3.05) is 26.3 Å². The van der Waals surface area contributed by atoms with E-state index >= 15 is 0 Å². The van der Waals surface area contributed by atoms with Gasteiger partial charge in [0.15, 0.2) is 5.96 Å². The maximum Gasteiger partial charge on any atom is 0.191 e. The Morgan fingerprint density at radius 3 is 2.52 bits per heavy atom. The highest BCUT2D eigenvalue weighted by Gasteiger charge is 2.10. The Morgan fingerprint density at radius 1 is 1.22 bits per heavy atom. The molecule has 0 aliphatic rings. The fourth-order valence-corrected chi connectivity index (χ4v) is 2.30. The first-order valence-electron chi connectivity index (χ1n) is 8.26. The molecule has 0 aliphatic carbocycles. The number of nitrogens with one attached hydrogen (secondary N) is 2. The van der Waals surface area contributed by atoms with E-state index in [4.69, 9.17) is 4.74 Å². The molecule has 0 radical (unpaired) electrons. The second-order valence-corrected chi connectivity index (χ2v) is 5.14. The summed E-state index contributed by atoms with van der Waals surface area (Å²) in [6, 6.07) is 0. The van der Waals surface area contributed by atoms with Gasteiger partial charge in [-0.05, 0) is 41.0 Å². The minimum Gasteiger partial charge on any atom is -0.382 e. The van der Waals surface area contributed by atoms with Crippen LogP contribution >= 0.6 is 24.0 Å². The van der Waals surface area contributed by atoms with Crippen LogP contribution in [0.1, 0.15) is 44.1 Å². The van der Waals surface area contributed by atoms with Crippen molar-refractivity contribution in [3.8, 4) is 0 Å². The predicted molar refractivity (Wildman–Crippen MR) is 107 cm³/mol. The van der Waals surface area contributed by atoms with Crippen molar-refractivity contribution in [2.24, 2.45) is 4.99 Å². The smallest absolute Gasteiger partial charge is 0.191 e. The lowest BCUT2D eigenvalue weighted by Crippen LogP contribution is -2.38. The highest BCUT2D eigenvalue weighted by molar-refractivity contribution is 14.0. The monoisotopic (exact) mass is 437 g/mol. The van der Waals surface area contributed by atoms with Gasteiger partial charge in [-0.2, -0.15) is 5.10 Å². The number of hydrogen-bond donors (Lipinski definition) is 2. The number of aromatic nitrogens is 2. The average Bonchev–Trinajstić information content (AvgIpc) is 2.78. The van der Waals surface area contributed by atoms with Gasteiger partial charge in [-0.3, -0.25) is 4.68 Å². The van der Waals surface area contributed by atoms with E-state index in [1.165, 1.54) is 11.3 Å². The Bertz CT molecular complexity index is 473. The van der Waals surface area contributed by atoms with Crippen molar-refractivity contribution in [3.05, 3.63) is 17.0 Å². The number of ether oxygens (including phenoxy) is 1. The Morgan fingerprint density at radius 2 is 1.96 bits per heavy atom. The molecule has 0 saturated heterocycles. The van der Waals surface area contributed by atoms with Gasteiger partial charge in [0.05, 0.1) is 12.2 Å². The summed E-state index contributed by atoms with van der Waals surface area (Å²) in [6.07, 6.45) is 0.976. The van der Waals surface area contributed by atoms with Gasteiger partial charge < -0.3 is 15.4 Å². The fraction of sp³-hybridized carbons (Fsp3) is 0.750. The number of nitrogens with zero attached hydrogens (tertiary/aromatic N) is 3. The van der Waals surface area contributed by atoms with E-state index in [1.807, 2.05) is 18.5 Å². The zero-order valence-electron chi connectivity index (χ0n) is 15.1. The van der Waals surface area contributed by atoms with Crippen molar-refractivity contribution in [1.29, 1.82) is 0 Å². The van der Waals surface area contributed by atoms with Crippen LogP contribution in [-0.2, 0) is 17.8 Å². The van der Waals surface area contributed by atoms with Crippen LogP contribution in [-0.4, -0.2) is 42.0 Å². The maximum atomic E-state index is 5.34. The first-order chi connectivity index (χ1) is 10.6. The van der Waals surface area contributed by atoms with Crippen LogP contribution in [0.5, 0.6) is 0 Å². The Hall–Kier alpha value is -0.830. The predicted octanol–water partition coefficient (Wildman–Crippen LogP) is 2.62. The molecule has 23 heavy (non-hydrogen) atoms. The third-order valence-electron chi connectivity index (χ3n) is 3.53. The van der Waals surface area contributed by atoms with Crippen molar-refractivity contribution < 1.29 is 4.74 Å². The molecule has 7 heteroatoms. The topological polar surface area (TPSA) is 63.5 Å². The Labute approximate surface area is 157 Å². The molecule has 0 aliphatic heterocycles. The van der Waals surface area contributed by atoms with Gasteiger partial charge in [-0.15, -0.1) is 24.0 Å². The highest BCUT2D eigenvalue weighted by atomic mass is 127. The van der Waals surface area contributed by atoms with Gasteiger partial charge >= 0.3 is 0 Å². The quantitative estimate of drug-likeness (QED) is 0.270. The van der Waals surface area contributed by atoms with Gasteiger partial charge in [0.1, 0.15) is 0 Å². The molecule has 6 nitrogen and oxygen atoms in total. The molecular weight excluding hydrogens is 405 g/mol. The summed E-state index contributed by atoms with van der Waals surface area (Å²) in [5.74, 6) is 0.849. The number of halogens is 1. The minimum absolute atomic E-state index is 0. The lowest BCUT2D eigenvalue weighted by molar-refractivity contribution is 0.145. The first kappa shape index (κ1) is 22.2. The van der Waals surface area contributed by atoms with Crippen molar-refractivity contribution in [3.63, 3.8) is 0 Å². The summed E-state index contributed by atoms with van der Waals surface area (Å²) in [5.41, 5.74) is 3.49. The minimum atomic E-state index is 0. The number of aryl methyl sites for hydroxylation is 2. The van der Waals surface area contributed by atoms with Crippen LogP contribution in [0.3, 0.4) is 0 Å². The van der Waals surface area contributed by atoms with E-state index in [0.717, 1.165) is 50.9 Å². The lowest BCUT2D eigenvalue weighted by Gasteiger charge is -2.11. The van der Waals surface area contributed by atoms with E-state index < -0.39 is 0 Å². The molecule has 0 bridgehead atoms. The van der Waals surface area contributed by atoms with Crippen LogP contribution in [0, 0.1) is 13.8 Å². The lowest BCUT2D eigenvalue weighted by atomic mass is 10.2. The zero-order valence-corrected chi connectivity index (χ0v) is 17.4. The number of hydrogen-bond acceptors (Lipinski definition) is 3. The number of rotatable bonds is 9. The third kappa shape index (κ3) is 7.52. The fourth-order valence-electron chi connectivity index (χ4n) is 2.30. The second kappa shape index (κ2) is 12.6. The van der Waals surface area contributed by atoms with E-state index in [-0.39, 0.29) is 24.0 Å². The molecule has 0 atom stereocenters. The summed E-state index contributed by atoms with van der Waals surface area (Å²) < 4.78 is 7.37. The maximum absolute atomic E-state index is 5.34. The molecule has 0 fully saturated rings. The summed E-state index contributed by atoms with van der Waals surface area (Å²) in [6.45, 7) is 15.2. The normalized spacial score (nSPS) is 11.3. The highest BCUT2D eigenvalue weighted by Crippen LogP contribution is 2.13. The van der Waals surface area contributed by atoms with Crippen LogP contribution in [0.2, 0.25) is 0 Å². The van der Waals surface area contributed by atoms with Gasteiger partial charge in [0, 0.05) is 44.1 Å². The SMILES string of the molecule is CCNC(=NCc1c(C)nn(CC)c1C)NCCCOCC.I. The Balaban J connectivity index is 0.00000484. The standard InChI is InChI=1S/C16H31N5O.HI/c1-6-17-16(18-10-9-11-22-8-3)19-12-15-13(4)20-21(7-2)14(15)5;/h6-12H2,1-5H3,(H2,17,18,19);1H. The molecule has 0 unspecified atom stereocenters. The van der Waals surface area contributed by atoms with Gasteiger partial charge in [0.25, 0.3) is 0 Å². The number of guanidine groups is 1. The molecule has 2 N–H and O–H groups in total. The van der Waals surface area contributed by atoms with Crippen LogP contribution in [0.15, 0.2) is 4.99 Å². The van der Waals surface area contributed by atoms with Crippen LogP contribution < -0.4 is 10.6 Å². The third-order valence-corrected chi connectivity index (χ3v) is 3.53. The van der Waals surface area contributed by atoms with E-state index in [9.17, 15) is 0 Å². The second-order valence-electron chi connectivity index (χ2n) is 5.14. The van der Waals surface area contributed by atoms with Gasteiger partial charge in [0.2, 0.25) is 0 Å². The molecule has 1 aromatic rings. The molecule has 0 spiro atoms.